The van der Waals surface area contributed by atoms with E-state index < -0.39 is 6.17 Å². The van der Waals surface area contributed by atoms with Crippen LogP contribution >= 0.6 is 12.2 Å². The molecule has 92 valence electrons. The number of anilines is 1. The second kappa shape index (κ2) is 4.04. The van der Waals surface area contributed by atoms with Crippen LogP contribution in [0.5, 0.6) is 0 Å². The van der Waals surface area contributed by atoms with Gasteiger partial charge in [-0.25, -0.2) is 9.82 Å². The first-order valence-electron chi connectivity index (χ1n) is 5.27. The van der Waals surface area contributed by atoms with Gasteiger partial charge in [-0.3, -0.25) is 20.0 Å². The van der Waals surface area contributed by atoms with Crippen molar-refractivity contribution < 1.29 is 9.18 Å². The van der Waals surface area contributed by atoms with Crippen molar-refractivity contribution in [3.05, 3.63) is 42.5 Å². The summed E-state index contributed by atoms with van der Waals surface area (Å²) in [6.07, 6.45) is 2.65. The smallest absolute Gasteiger partial charge is 0.270 e. The quantitative estimate of drug-likeness (QED) is 0.730. The molecule has 1 fully saturated rings. The average Bonchev–Trinajstić information content (AvgIpc) is 2.73. The summed E-state index contributed by atoms with van der Waals surface area (Å²) in [6, 6.07) is 5.86. The maximum atomic E-state index is 13.2. The van der Waals surface area contributed by atoms with E-state index in [1.165, 1.54) is 17.0 Å². The lowest BCUT2D eigenvalue weighted by Crippen LogP contribution is -2.51. The number of thiocarbonyl (C=S) groups is 1. The van der Waals surface area contributed by atoms with Crippen molar-refractivity contribution in [3.8, 4) is 0 Å². The summed E-state index contributed by atoms with van der Waals surface area (Å²) in [7, 11) is 0. The number of hydrogen-bond acceptors (Lipinski definition) is 3. The van der Waals surface area contributed by atoms with Gasteiger partial charge in [-0.1, -0.05) is 6.07 Å². The molecule has 0 aliphatic carbocycles. The summed E-state index contributed by atoms with van der Waals surface area (Å²) in [5.41, 5.74) is 5.96. The maximum absolute atomic E-state index is 13.2. The van der Waals surface area contributed by atoms with Crippen molar-refractivity contribution >= 4 is 28.9 Å². The van der Waals surface area contributed by atoms with Gasteiger partial charge in [-0.15, -0.1) is 0 Å². The fourth-order valence-corrected chi connectivity index (χ4v) is 2.12. The molecule has 0 saturated carbocycles. The standard InChI is InChI=1S/C11H9FN4OS/c12-7-2-1-3-8(6-7)15-4-5-16-9(10(15)17)13-14-11(16)18/h1-6,9,13H,(H,14,18). The Morgan fingerprint density at radius 3 is 2.94 bits per heavy atom. The molecule has 1 atom stereocenters. The van der Waals surface area contributed by atoms with Gasteiger partial charge < -0.3 is 0 Å². The van der Waals surface area contributed by atoms with Crippen molar-refractivity contribution in [2.24, 2.45) is 0 Å². The van der Waals surface area contributed by atoms with E-state index in [1.54, 1.807) is 29.4 Å². The highest BCUT2D eigenvalue weighted by Gasteiger charge is 2.38. The number of carbonyl (C=O) groups is 1. The van der Waals surface area contributed by atoms with Gasteiger partial charge in [-0.2, -0.15) is 0 Å². The van der Waals surface area contributed by atoms with E-state index in [0.29, 0.717) is 10.8 Å². The van der Waals surface area contributed by atoms with Crippen molar-refractivity contribution in [3.63, 3.8) is 0 Å². The van der Waals surface area contributed by atoms with Crippen LogP contribution in [0.2, 0.25) is 0 Å². The highest BCUT2D eigenvalue weighted by Crippen LogP contribution is 2.22. The van der Waals surface area contributed by atoms with Crippen molar-refractivity contribution in [2.75, 3.05) is 4.90 Å². The Morgan fingerprint density at radius 1 is 1.33 bits per heavy atom. The number of nitrogens with zero attached hydrogens (tertiary/aromatic N) is 2. The number of amides is 1. The first-order valence-corrected chi connectivity index (χ1v) is 5.68. The predicted molar refractivity (Wildman–Crippen MR) is 67.5 cm³/mol. The molecule has 2 aliphatic heterocycles. The Kier molecular flexibility index (Phi) is 2.49. The van der Waals surface area contributed by atoms with E-state index in [9.17, 15) is 9.18 Å². The van der Waals surface area contributed by atoms with Crippen molar-refractivity contribution in [1.82, 2.24) is 15.8 Å². The molecule has 2 aliphatic rings. The van der Waals surface area contributed by atoms with Gasteiger partial charge in [0.25, 0.3) is 5.91 Å². The van der Waals surface area contributed by atoms with Crippen LogP contribution in [0.4, 0.5) is 10.1 Å². The van der Waals surface area contributed by atoms with E-state index in [-0.39, 0.29) is 11.7 Å². The molecule has 1 amide bonds. The van der Waals surface area contributed by atoms with Crippen LogP contribution in [0.15, 0.2) is 36.7 Å². The minimum Gasteiger partial charge on any atom is -0.297 e. The molecular formula is C11H9FN4OS. The minimum atomic E-state index is -0.592. The lowest BCUT2D eigenvalue weighted by molar-refractivity contribution is -0.122. The lowest BCUT2D eigenvalue weighted by atomic mass is 10.2. The number of hydrazine groups is 1. The molecule has 2 N–H and O–H groups in total. The Labute approximate surface area is 108 Å². The van der Waals surface area contributed by atoms with Crippen LogP contribution < -0.4 is 15.8 Å². The summed E-state index contributed by atoms with van der Waals surface area (Å²) < 4.78 is 13.2. The first kappa shape index (κ1) is 11.1. The van der Waals surface area contributed by atoms with Crippen LogP contribution in [0.1, 0.15) is 0 Å². The number of carbonyl (C=O) groups excluding carboxylic acids is 1. The van der Waals surface area contributed by atoms with Gasteiger partial charge in [0.05, 0.1) is 5.69 Å². The molecule has 0 aromatic heterocycles. The molecule has 0 bridgehead atoms. The van der Waals surface area contributed by atoms with Crippen molar-refractivity contribution in [1.29, 1.82) is 0 Å². The minimum absolute atomic E-state index is 0.226. The normalized spacial score (nSPS) is 22.2. The molecule has 1 aromatic rings. The van der Waals surface area contributed by atoms with Crippen LogP contribution in [0, 0.1) is 5.82 Å². The number of rotatable bonds is 1. The Morgan fingerprint density at radius 2 is 2.17 bits per heavy atom. The SMILES string of the molecule is O=C1C2NNC(=S)N2C=CN1c1cccc(F)c1. The third-order valence-corrected chi connectivity index (χ3v) is 3.08. The van der Waals surface area contributed by atoms with Crippen molar-refractivity contribution in [2.45, 2.75) is 6.17 Å². The molecule has 7 heteroatoms. The zero-order valence-electron chi connectivity index (χ0n) is 9.13. The summed E-state index contributed by atoms with van der Waals surface area (Å²) >= 11 is 5.02. The zero-order valence-corrected chi connectivity index (χ0v) is 9.95. The van der Waals surface area contributed by atoms with E-state index >= 15 is 0 Å². The molecule has 1 aromatic carbocycles. The number of fused-ring (bicyclic) bond motifs is 1. The predicted octanol–water partition coefficient (Wildman–Crippen LogP) is 0.664. The van der Waals surface area contributed by atoms with E-state index in [1.807, 2.05) is 0 Å². The van der Waals surface area contributed by atoms with E-state index in [2.05, 4.69) is 10.9 Å². The fourth-order valence-electron chi connectivity index (χ4n) is 1.90. The lowest BCUT2D eigenvalue weighted by Gasteiger charge is -2.30. The fraction of sp³-hybridized carbons (Fsp3) is 0.0909. The van der Waals surface area contributed by atoms with E-state index in [4.69, 9.17) is 12.2 Å². The highest BCUT2D eigenvalue weighted by atomic mass is 32.1. The van der Waals surface area contributed by atoms with Crippen LogP contribution in [-0.4, -0.2) is 22.1 Å². The first-order chi connectivity index (χ1) is 8.66. The summed E-state index contributed by atoms with van der Waals surface area (Å²) in [6.45, 7) is 0. The van der Waals surface area contributed by atoms with Gasteiger partial charge >= 0.3 is 0 Å². The second-order valence-electron chi connectivity index (χ2n) is 3.87. The zero-order chi connectivity index (χ0) is 12.7. The topological polar surface area (TPSA) is 47.6 Å². The monoisotopic (exact) mass is 264 g/mol. The summed E-state index contributed by atoms with van der Waals surface area (Å²) in [5, 5.41) is 0.434. The number of hydrogen-bond donors (Lipinski definition) is 2. The van der Waals surface area contributed by atoms with Gasteiger partial charge in [-0.05, 0) is 30.4 Å². The Balaban J connectivity index is 1.96. The van der Waals surface area contributed by atoms with Crippen LogP contribution in [0.3, 0.4) is 0 Å². The summed E-state index contributed by atoms with van der Waals surface area (Å²) in [4.78, 5) is 15.2. The third-order valence-electron chi connectivity index (χ3n) is 2.76. The largest absolute Gasteiger partial charge is 0.297 e. The van der Waals surface area contributed by atoms with Crippen LogP contribution in [-0.2, 0) is 4.79 Å². The molecule has 1 unspecified atom stereocenters. The second-order valence-corrected chi connectivity index (χ2v) is 4.26. The van der Waals surface area contributed by atoms with Gasteiger partial charge in [0.15, 0.2) is 11.3 Å². The molecule has 18 heavy (non-hydrogen) atoms. The van der Waals surface area contributed by atoms with E-state index in [0.717, 1.165) is 0 Å². The highest BCUT2D eigenvalue weighted by molar-refractivity contribution is 7.80. The van der Waals surface area contributed by atoms with Gasteiger partial charge in [0.1, 0.15) is 5.82 Å². The van der Waals surface area contributed by atoms with Gasteiger partial charge in [0, 0.05) is 12.4 Å². The van der Waals surface area contributed by atoms with Crippen LogP contribution in [0.25, 0.3) is 0 Å². The molecule has 2 heterocycles. The average molecular weight is 264 g/mol. The Bertz CT molecular complexity index is 562. The number of nitrogens with one attached hydrogen (secondary N) is 2. The Hall–Kier alpha value is -1.99. The molecule has 0 spiro atoms. The molecule has 3 rings (SSSR count). The number of halogens is 1. The third kappa shape index (κ3) is 1.64. The van der Waals surface area contributed by atoms with Gasteiger partial charge in [0.2, 0.25) is 0 Å². The summed E-state index contributed by atoms with van der Waals surface area (Å²) in [5.74, 6) is -0.611. The molecule has 0 radical (unpaired) electrons. The molecule has 5 nitrogen and oxygen atoms in total. The molecule has 1 saturated heterocycles. The molecular weight excluding hydrogens is 255 g/mol. The number of benzene rings is 1. The maximum Gasteiger partial charge on any atom is 0.270 e.